The number of aromatic nitrogens is 2. The summed E-state index contributed by atoms with van der Waals surface area (Å²) < 4.78 is 4.78. The summed E-state index contributed by atoms with van der Waals surface area (Å²) >= 11 is 0. The molecule has 0 aliphatic carbocycles. The van der Waals surface area contributed by atoms with E-state index in [2.05, 4.69) is 173 Å². The summed E-state index contributed by atoms with van der Waals surface area (Å²) in [5.41, 5.74) is 13.5. The highest BCUT2D eigenvalue weighted by molar-refractivity contribution is 6.12. The highest BCUT2D eigenvalue weighted by atomic mass is 16.3. The lowest BCUT2D eigenvalue weighted by molar-refractivity contribution is 0.477. The summed E-state index contributed by atoms with van der Waals surface area (Å²) in [6.45, 7) is 0. The van der Waals surface area contributed by atoms with Crippen LogP contribution in [0.15, 0.2) is 188 Å². The van der Waals surface area contributed by atoms with Gasteiger partial charge >= 0.3 is 0 Å². The molecule has 0 amide bonds. The van der Waals surface area contributed by atoms with Crippen molar-refractivity contribution in [3.63, 3.8) is 0 Å². The van der Waals surface area contributed by atoms with Crippen LogP contribution in [0.1, 0.15) is 0 Å². The van der Waals surface area contributed by atoms with E-state index >= 15 is 0 Å². The lowest BCUT2D eigenvalue weighted by atomic mass is 9.98. The van der Waals surface area contributed by atoms with E-state index in [9.17, 15) is 5.11 Å². The van der Waals surface area contributed by atoms with Crippen molar-refractivity contribution in [3.05, 3.63) is 188 Å². The van der Waals surface area contributed by atoms with Crippen LogP contribution in [0, 0.1) is 0 Å². The smallest absolute Gasteiger partial charge is 0.123 e. The van der Waals surface area contributed by atoms with E-state index < -0.39 is 0 Å². The first-order chi connectivity index (χ1) is 25.2. The molecule has 0 fully saturated rings. The van der Waals surface area contributed by atoms with Crippen LogP contribution in [0.5, 0.6) is 5.75 Å². The Bertz CT molecular complexity index is 2910. The lowest BCUT2D eigenvalue weighted by Gasteiger charge is -2.15. The Morgan fingerprint density at radius 3 is 1.59 bits per heavy atom. The Morgan fingerprint density at radius 2 is 0.824 bits per heavy atom. The number of para-hydroxylation sites is 5. The molecule has 1 N–H and O–H groups in total. The molecule has 3 heteroatoms. The van der Waals surface area contributed by atoms with Crippen molar-refractivity contribution in [2.24, 2.45) is 0 Å². The standard InChI is InChI=1S/C48H32N2O/c51-48-21-11-7-15-38(48)33-24-22-32(23-25-33)37-14-4-8-18-43(37)50-45-20-10-6-17-40(45)42-30-34(27-29-46(42)50)35-26-28-41-39-16-5-9-19-44(39)49(47(41)31-35)36-12-2-1-3-13-36/h1-31,51H. The highest BCUT2D eigenvalue weighted by Crippen LogP contribution is 2.40. The van der Waals surface area contributed by atoms with Gasteiger partial charge < -0.3 is 14.2 Å². The van der Waals surface area contributed by atoms with Crippen molar-refractivity contribution < 1.29 is 5.11 Å². The Hall–Kier alpha value is -6.84. The number of fused-ring (bicyclic) bond motifs is 6. The van der Waals surface area contributed by atoms with Gasteiger partial charge in [0.05, 0.1) is 27.8 Å². The van der Waals surface area contributed by atoms with Gasteiger partial charge in [-0.3, -0.25) is 0 Å². The number of benzene rings is 8. The van der Waals surface area contributed by atoms with Gasteiger partial charge in [-0.1, -0.05) is 133 Å². The normalized spacial score (nSPS) is 11.6. The Labute approximate surface area is 295 Å². The predicted molar refractivity (Wildman–Crippen MR) is 213 cm³/mol. The van der Waals surface area contributed by atoms with Gasteiger partial charge in [-0.15, -0.1) is 0 Å². The molecule has 0 radical (unpaired) electrons. The number of hydrogen-bond acceptors (Lipinski definition) is 1. The minimum atomic E-state index is 0.286. The molecule has 0 unspecified atom stereocenters. The van der Waals surface area contributed by atoms with E-state index in [-0.39, 0.29) is 5.75 Å². The zero-order valence-electron chi connectivity index (χ0n) is 27.7. The Kier molecular flexibility index (Phi) is 6.65. The summed E-state index contributed by atoms with van der Waals surface area (Å²) in [4.78, 5) is 0. The zero-order chi connectivity index (χ0) is 33.9. The van der Waals surface area contributed by atoms with Crippen molar-refractivity contribution in [1.82, 2.24) is 9.13 Å². The average molecular weight is 653 g/mol. The van der Waals surface area contributed by atoms with Crippen LogP contribution in [0.3, 0.4) is 0 Å². The third-order valence-electron chi connectivity index (χ3n) is 10.2. The van der Waals surface area contributed by atoms with Crippen LogP contribution in [-0.2, 0) is 0 Å². The summed E-state index contributed by atoms with van der Waals surface area (Å²) in [6.07, 6.45) is 0. The Morgan fingerprint density at radius 1 is 0.314 bits per heavy atom. The first-order valence-corrected chi connectivity index (χ1v) is 17.3. The molecule has 0 aliphatic rings. The largest absolute Gasteiger partial charge is 0.507 e. The highest BCUT2D eigenvalue weighted by Gasteiger charge is 2.18. The van der Waals surface area contributed by atoms with E-state index in [1.807, 2.05) is 18.2 Å². The monoisotopic (exact) mass is 652 g/mol. The summed E-state index contributed by atoms with van der Waals surface area (Å²) in [5.74, 6) is 0.286. The molecule has 10 rings (SSSR count). The second-order valence-electron chi connectivity index (χ2n) is 13.1. The topological polar surface area (TPSA) is 30.1 Å². The molecule has 0 atom stereocenters. The molecule has 0 aliphatic heterocycles. The van der Waals surface area contributed by atoms with Crippen molar-refractivity contribution in [3.8, 4) is 50.5 Å². The van der Waals surface area contributed by atoms with Gasteiger partial charge in [0.15, 0.2) is 0 Å². The summed E-state index contributed by atoms with van der Waals surface area (Å²) in [6, 6.07) is 66.4. The maximum atomic E-state index is 10.4. The lowest BCUT2D eigenvalue weighted by Crippen LogP contribution is -1.97. The van der Waals surface area contributed by atoms with Crippen LogP contribution in [-0.4, -0.2) is 14.2 Å². The van der Waals surface area contributed by atoms with E-state index in [1.54, 1.807) is 6.07 Å². The van der Waals surface area contributed by atoms with Gasteiger partial charge in [0.2, 0.25) is 0 Å². The van der Waals surface area contributed by atoms with E-state index in [4.69, 9.17) is 0 Å². The molecule has 2 aromatic heterocycles. The maximum absolute atomic E-state index is 10.4. The first-order valence-electron chi connectivity index (χ1n) is 17.3. The van der Waals surface area contributed by atoms with Gasteiger partial charge in [0, 0.05) is 38.4 Å². The van der Waals surface area contributed by atoms with Crippen LogP contribution in [0.25, 0.3) is 88.4 Å². The van der Waals surface area contributed by atoms with Gasteiger partial charge in [0.25, 0.3) is 0 Å². The minimum Gasteiger partial charge on any atom is -0.507 e. The summed E-state index contributed by atoms with van der Waals surface area (Å²) in [7, 11) is 0. The minimum absolute atomic E-state index is 0.286. The fraction of sp³-hybridized carbons (Fsp3) is 0. The fourth-order valence-electron chi connectivity index (χ4n) is 7.88. The van der Waals surface area contributed by atoms with Gasteiger partial charge in [0.1, 0.15) is 5.75 Å². The van der Waals surface area contributed by atoms with Crippen molar-refractivity contribution in [2.45, 2.75) is 0 Å². The maximum Gasteiger partial charge on any atom is 0.123 e. The summed E-state index contributed by atoms with van der Waals surface area (Å²) in [5, 5.41) is 15.4. The molecule has 8 aromatic carbocycles. The molecule has 51 heavy (non-hydrogen) atoms. The van der Waals surface area contributed by atoms with Crippen molar-refractivity contribution in [2.75, 3.05) is 0 Å². The first kappa shape index (κ1) is 29.1. The fourth-order valence-corrected chi connectivity index (χ4v) is 7.88. The van der Waals surface area contributed by atoms with Gasteiger partial charge in [-0.25, -0.2) is 0 Å². The number of hydrogen-bond donors (Lipinski definition) is 1. The molecule has 2 heterocycles. The Balaban J connectivity index is 1.13. The molecular formula is C48H32N2O. The van der Waals surface area contributed by atoms with E-state index in [1.165, 1.54) is 49.2 Å². The molecular weight excluding hydrogens is 621 g/mol. The molecule has 0 saturated heterocycles. The number of nitrogens with zero attached hydrogens (tertiary/aromatic N) is 2. The van der Waals surface area contributed by atoms with Crippen LogP contribution >= 0.6 is 0 Å². The second kappa shape index (κ2) is 11.6. The van der Waals surface area contributed by atoms with Crippen LogP contribution < -0.4 is 0 Å². The molecule has 240 valence electrons. The predicted octanol–water partition coefficient (Wildman–Crippen LogP) is 12.6. The molecule has 0 saturated carbocycles. The number of aromatic hydroxyl groups is 1. The van der Waals surface area contributed by atoms with Gasteiger partial charge in [-0.2, -0.15) is 0 Å². The van der Waals surface area contributed by atoms with Gasteiger partial charge in [-0.05, 0) is 76.9 Å². The van der Waals surface area contributed by atoms with E-state index in [0.717, 1.165) is 39.1 Å². The number of phenolic OH excluding ortho intramolecular Hbond substituents is 1. The molecule has 0 spiro atoms. The quantitative estimate of drug-likeness (QED) is 0.197. The number of rotatable bonds is 5. The molecule has 0 bridgehead atoms. The SMILES string of the molecule is Oc1ccccc1-c1ccc(-c2ccccc2-n2c3ccccc3c3cc(-c4ccc5c6ccccc6n(-c6ccccc6)c5c4)ccc32)cc1. The third-order valence-corrected chi connectivity index (χ3v) is 10.2. The van der Waals surface area contributed by atoms with Crippen LogP contribution in [0.2, 0.25) is 0 Å². The zero-order valence-corrected chi connectivity index (χ0v) is 27.7. The van der Waals surface area contributed by atoms with E-state index in [0.29, 0.717) is 0 Å². The second-order valence-corrected chi connectivity index (χ2v) is 13.1. The molecule has 10 aromatic rings. The molecule has 3 nitrogen and oxygen atoms in total. The third kappa shape index (κ3) is 4.67. The van der Waals surface area contributed by atoms with Crippen molar-refractivity contribution in [1.29, 1.82) is 0 Å². The average Bonchev–Trinajstić information content (AvgIpc) is 3.71. The van der Waals surface area contributed by atoms with Crippen LogP contribution in [0.4, 0.5) is 0 Å². The van der Waals surface area contributed by atoms with Crippen molar-refractivity contribution >= 4 is 43.6 Å². The number of phenols is 1.